The number of nitrogens with zero attached hydrogens (tertiary/aromatic N) is 4. The van der Waals surface area contributed by atoms with Gasteiger partial charge in [-0.25, -0.2) is 4.68 Å². The van der Waals surface area contributed by atoms with Crippen molar-refractivity contribution < 1.29 is 9.53 Å². The van der Waals surface area contributed by atoms with Crippen LogP contribution in [-0.2, 0) is 9.53 Å². The number of methoxy groups -OCH3 is 1. The van der Waals surface area contributed by atoms with Crippen LogP contribution in [0.25, 0.3) is 0 Å². The Morgan fingerprint density at radius 1 is 1.42 bits per heavy atom. The van der Waals surface area contributed by atoms with Gasteiger partial charge in [-0.3, -0.25) is 14.6 Å². The summed E-state index contributed by atoms with van der Waals surface area (Å²) in [7, 11) is 1.73. The number of carbonyl (C=O) groups excluding carboxylic acids is 1. The second-order valence-electron chi connectivity index (χ2n) is 6.79. The summed E-state index contributed by atoms with van der Waals surface area (Å²) in [5.74, 6) is 0.781. The molecule has 7 nitrogen and oxygen atoms in total. The van der Waals surface area contributed by atoms with Gasteiger partial charge in [0.2, 0.25) is 5.91 Å². The highest BCUT2D eigenvalue weighted by molar-refractivity contribution is 5.93. The maximum atomic E-state index is 12.6. The lowest BCUT2D eigenvalue weighted by molar-refractivity contribution is -0.122. The van der Waals surface area contributed by atoms with Gasteiger partial charge in [0.25, 0.3) is 0 Å². The van der Waals surface area contributed by atoms with E-state index in [1.54, 1.807) is 13.3 Å². The summed E-state index contributed by atoms with van der Waals surface area (Å²) in [6, 6.07) is 2.32. The van der Waals surface area contributed by atoms with E-state index in [4.69, 9.17) is 4.74 Å². The van der Waals surface area contributed by atoms with Crippen molar-refractivity contribution in [3.8, 4) is 0 Å². The standard InChI is InChI=1S/C17H31N5O2/c1-13(2)22-16(6-7-18-22)19-17(23)15(4)21-9-8-20(10-11-24-5)14(3)12-21/h6-7,13-15H,8-12H2,1-5H3,(H,19,23). The van der Waals surface area contributed by atoms with Gasteiger partial charge >= 0.3 is 0 Å². The third-order valence-electron chi connectivity index (χ3n) is 4.72. The summed E-state index contributed by atoms with van der Waals surface area (Å²) in [6.07, 6.45) is 1.72. The summed E-state index contributed by atoms with van der Waals surface area (Å²) >= 11 is 0. The van der Waals surface area contributed by atoms with Crippen LogP contribution in [0.5, 0.6) is 0 Å². The molecular formula is C17H31N5O2. The number of nitrogens with one attached hydrogen (secondary N) is 1. The summed E-state index contributed by atoms with van der Waals surface area (Å²) in [4.78, 5) is 17.3. The first-order valence-corrected chi connectivity index (χ1v) is 8.75. The van der Waals surface area contributed by atoms with Gasteiger partial charge in [-0.15, -0.1) is 0 Å². The molecule has 0 aromatic carbocycles. The normalized spacial score (nSPS) is 21.2. The van der Waals surface area contributed by atoms with Gasteiger partial charge in [0.15, 0.2) is 0 Å². The molecule has 1 aromatic rings. The monoisotopic (exact) mass is 337 g/mol. The molecule has 0 spiro atoms. The van der Waals surface area contributed by atoms with Crippen LogP contribution in [-0.4, -0.2) is 77.5 Å². The fourth-order valence-corrected chi connectivity index (χ4v) is 3.14. The second-order valence-corrected chi connectivity index (χ2v) is 6.79. The molecule has 1 aliphatic heterocycles. The number of carbonyl (C=O) groups is 1. The van der Waals surface area contributed by atoms with Crippen LogP contribution in [0.2, 0.25) is 0 Å². The van der Waals surface area contributed by atoms with Gasteiger partial charge in [0.05, 0.1) is 18.8 Å². The van der Waals surface area contributed by atoms with E-state index in [1.165, 1.54) is 0 Å². The Bertz CT molecular complexity index is 531. The van der Waals surface area contributed by atoms with Crippen molar-refractivity contribution in [3.05, 3.63) is 12.3 Å². The van der Waals surface area contributed by atoms with Gasteiger partial charge in [0.1, 0.15) is 5.82 Å². The lowest BCUT2D eigenvalue weighted by atomic mass is 10.1. The molecule has 2 heterocycles. The Labute approximate surface area is 144 Å². The van der Waals surface area contributed by atoms with Gasteiger partial charge in [0, 0.05) is 51.4 Å². The maximum Gasteiger partial charge on any atom is 0.242 e. The average Bonchev–Trinajstić information content (AvgIpc) is 3.01. The zero-order valence-electron chi connectivity index (χ0n) is 15.5. The van der Waals surface area contributed by atoms with E-state index in [9.17, 15) is 4.79 Å². The lowest BCUT2D eigenvalue weighted by Gasteiger charge is -2.41. The molecule has 136 valence electrons. The number of piperazine rings is 1. The molecule has 7 heteroatoms. The minimum absolute atomic E-state index is 0.0231. The first kappa shape index (κ1) is 18.9. The van der Waals surface area contributed by atoms with Crippen molar-refractivity contribution >= 4 is 11.7 Å². The van der Waals surface area contributed by atoms with Crippen LogP contribution >= 0.6 is 0 Å². The quantitative estimate of drug-likeness (QED) is 0.816. The van der Waals surface area contributed by atoms with Gasteiger partial charge in [-0.1, -0.05) is 0 Å². The van der Waals surface area contributed by atoms with E-state index >= 15 is 0 Å². The number of aromatic nitrogens is 2. The number of hydrogen-bond donors (Lipinski definition) is 1. The highest BCUT2D eigenvalue weighted by atomic mass is 16.5. The molecule has 0 bridgehead atoms. The van der Waals surface area contributed by atoms with E-state index in [2.05, 4.69) is 27.1 Å². The molecule has 1 amide bonds. The van der Waals surface area contributed by atoms with Crippen molar-refractivity contribution in [2.75, 3.05) is 45.2 Å². The van der Waals surface area contributed by atoms with Crippen LogP contribution in [0.1, 0.15) is 33.7 Å². The minimum atomic E-state index is -0.160. The van der Waals surface area contributed by atoms with Crippen LogP contribution < -0.4 is 5.32 Å². The van der Waals surface area contributed by atoms with Gasteiger partial charge in [-0.2, -0.15) is 5.10 Å². The maximum absolute atomic E-state index is 12.6. The number of amides is 1. The summed E-state index contributed by atoms with van der Waals surface area (Å²) in [6.45, 7) is 12.7. The molecule has 0 radical (unpaired) electrons. The summed E-state index contributed by atoms with van der Waals surface area (Å²) in [5.41, 5.74) is 0. The van der Waals surface area contributed by atoms with Crippen molar-refractivity contribution in [1.29, 1.82) is 0 Å². The first-order valence-electron chi connectivity index (χ1n) is 8.75. The fraction of sp³-hybridized carbons (Fsp3) is 0.765. The zero-order valence-corrected chi connectivity index (χ0v) is 15.5. The van der Waals surface area contributed by atoms with E-state index in [-0.39, 0.29) is 18.0 Å². The van der Waals surface area contributed by atoms with Crippen molar-refractivity contribution in [3.63, 3.8) is 0 Å². The molecule has 0 saturated carbocycles. The van der Waals surface area contributed by atoms with E-state index in [1.807, 2.05) is 31.5 Å². The lowest BCUT2D eigenvalue weighted by Crippen LogP contribution is -2.57. The highest BCUT2D eigenvalue weighted by Gasteiger charge is 2.29. The molecular weight excluding hydrogens is 306 g/mol. The molecule has 2 rings (SSSR count). The Kier molecular flexibility index (Phi) is 6.77. The van der Waals surface area contributed by atoms with Gasteiger partial charge < -0.3 is 10.1 Å². The first-order chi connectivity index (χ1) is 11.4. The topological polar surface area (TPSA) is 62.6 Å². The number of ether oxygens (including phenoxy) is 1. The van der Waals surface area contributed by atoms with E-state index < -0.39 is 0 Å². The van der Waals surface area contributed by atoms with Crippen molar-refractivity contribution in [1.82, 2.24) is 19.6 Å². The van der Waals surface area contributed by atoms with Crippen LogP contribution in [0.4, 0.5) is 5.82 Å². The second kappa shape index (κ2) is 8.60. The molecule has 1 saturated heterocycles. The Hall–Kier alpha value is -1.44. The predicted octanol–water partition coefficient (Wildman–Crippen LogP) is 1.44. The zero-order chi connectivity index (χ0) is 17.7. The van der Waals surface area contributed by atoms with Crippen LogP contribution in [0.15, 0.2) is 12.3 Å². The molecule has 0 aliphatic carbocycles. The SMILES string of the molecule is COCCN1CCN(C(C)C(=O)Nc2ccnn2C(C)C)CC1C. The number of rotatable bonds is 7. The van der Waals surface area contributed by atoms with Crippen molar-refractivity contribution in [2.24, 2.45) is 0 Å². The fourth-order valence-electron chi connectivity index (χ4n) is 3.14. The Morgan fingerprint density at radius 3 is 2.79 bits per heavy atom. The molecule has 2 unspecified atom stereocenters. The van der Waals surface area contributed by atoms with E-state index in [0.29, 0.717) is 6.04 Å². The van der Waals surface area contributed by atoms with Gasteiger partial charge in [-0.05, 0) is 27.7 Å². The third kappa shape index (κ3) is 4.55. The van der Waals surface area contributed by atoms with Crippen LogP contribution in [0, 0.1) is 0 Å². The number of hydrogen-bond acceptors (Lipinski definition) is 5. The largest absolute Gasteiger partial charge is 0.383 e. The molecule has 1 aliphatic rings. The molecule has 2 atom stereocenters. The third-order valence-corrected chi connectivity index (χ3v) is 4.72. The minimum Gasteiger partial charge on any atom is -0.383 e. The molecule has 1 fully saturated rings. The molecule has 1 aromatic heterocycles. The smallest absolute Gasteiger partial charge is 0.242 e. The number of anilines is 1. The average molecular weight is 337 g/mol. The molecule has 1 N–H and O–H groups in total. The Balaban J connectivity index is 1.90. The molecule has 24 heavy (non-hydrogen) atoms. The highest BCUT2D eigenvalue weighted by Crippen LogP contribution is 2.16. The van der Waals surface area contributed by atoms with Crippen molar-refractivity contribution in [2.45, 2.75) is 45.8 Å². The predicted molar refractivity (Wildman–Crippen MR) is 95.2 cm³/mol. The van der Waals surface area contributed by atoms with Crippen LogP contribution in [0.3, 0.4) is 0 Å². The Morgan fingerprint density at radius 2 is 2.17 bits per heavy atom. The van der Waals surface area contributed by atoms with E-state index in [0.717, 1.165) is 38.6 Å². The summed E-state index contributed by atoms with van der Waals surface area (Å²) in [5, 5.41) is 7.28. The summed E-state index contributed by atoms with van der Waals surface area (Å²) < 4.78 is 7.00.